The van der Waals surface area contributed by atoms with Crippen LogP contribution in [0.5, 0.6) is 0 Å². The number of nitrogens with zero attached hydrogens (tertiary/aromatic N) is 1. The Labute approximate surface area is 160 Å². The van der Waals surface area contributed by atoms with Crippen LogP contribution in [0.25, 0.3) is 11.1 Å². The first kappa shape index (κ1) is 18.5. The zero-order chi connectivity index (χ0) is 18.7. The van der Waals surface area contributed by atoms with E-state index in [2.05, 4.69) is 5.32 Å². The summed E-state index contributed by atoms with van der Waals surface area (Å²) >= 11 is 12.0. The van der Waals surface area contributed by atoms with E-state index in [0.29, 0.717) is 22.3 Å². The highest BCUT2D eigenvalue weighted by molar-refractivity contribution is 6.42. The number of halogens is 2. The molecule has 1 atom stereocenters. The average molecular weight is 394 g/mol. The van der Waals surface area contributed by atoms with Crippen LogP contribution >= 0.6 is 23.2 Å². The fraction of sp³-hybridized carbons (Fsp3) is 0.222. The number of benzene rings is 2. The molecule has 8 heteroatoms. The van der Waals surface area contributed by atoms with Crippen molar-refractivity contribution in [2.75, 3.05) is 25.0 Å². The van der Waals surface area contributed by atoms with Gasteiger partial charge in [0.2, 0.25) is 5.91 Å². The van der Waals surface area contributed by atoms with Crippen LogP contribution in [0.1, 0.15) is 0 Å². The molecular weight excluding hydrogens is 377 g/mol. The molecule has 2 aromatic carbocycles. The summed E-state index contributed by atoms with van der Waals surface area (Å²) in [5.41, 5.74) is 7.64. The SMILES string of the molecule is NC(=O)[C@@H]1CN(C(=O)Nc2cccc(-c3ccc(Cl)c(Cl)c3)c2)CCO1. The molecule has 0 aromatic heterocycles. The Morgan fingerprint density at radius 2 is 1.88 bits per heavy atom. The van der Waals surface area contributed by atoms with Crippen molar-refractivity contribution in [3.63, 3.8) is 0 Å². The molecule has 0 bridgehead atoms. The maximum atomic E-state index is 12.5. The molecular formula is C18H17Cl2N3O3. The number of anilines is 1. The Morgan fingerprint density at radius 1 is 1.12 bits per heavy atom. The lowest BCUT2D eigenvalue weighted by molar-refractivity contribution is -0.133. The Bertz CT molecular complexity index is 844. The van der Waals surface area contributed by atoms with Gasteiger partial charge in [-0.15, -0.1) is 0 Å². The van der Waals surface area contributed by atoms with E-state index in [1.807, 2.05) is 24.3 Å². The summed E-state index contributed by atoms with van der Waals surface area (Å²) in [6.45, 7) is 0.792. The van der Waals surface area contributed by atoms with Crippen molar-refractivity contribution in [2.45, 2.75) is 6.10 Å². The predicted octanol–water partition coefficient (Wildman–Crippen LogP) is 3.38. The number of hydrogen-bond acceptors (Lipinski definition) is 3. The first-order valence-electron chi connectivity index (χ1n) is 7.96. The number of carbonyl (C=O) groups is 2. The number of ether oxygens (including phenoxy) is 1. The van der Waals surface area contributed by atoms with Crippen molar-refractivity contribution in [3.05, 3.63) is 52.5 Å². The minimum absolute atomic E-state index is 0.133. The number of rotatable bonds is 3. The lowest BCUT2D eigenvalue weighted by atomic mass is 10.1. The van der Waals surface area contributed by atoms with Gasteiger partial charge in [0.05, 0.1) is 23.2 Å². The third-order valence-corrected chi connectivity index (χ3v) is 4.78. The van der Waals surface area contributed by atoms with E-state index in [0.717, 1.165) is 11.1 Å². The van der Waals surface area contributed by atoms with Gasteiger partial charge in [-0.1, -0.05) is 41.4 Å². The molecule has 6 nitrogen and oxygen atoms in total. The number of amides is 3. The predicted molar refractivity (Wildman–Crippen MR) is 101 cm³/mol. The maximum Gasteiger partial charge on any atom is 0.322 e. The third-order valence-electron chi connectivity index (χ3n) is 4.04. The summed E-state index contributed by atoms with van der Waals surface area (Å²) in [4.78, 5) is 25.2. The summed E-state index contributed by atoms with van der Waals surface area (Å²) in [6, 6.07) is 12.4. The summed E-state index contributed by atoms with van der Waals surface area (Å²) in [6.07, 6.45) is -0.781. The van der Waals surface area contributed by atoms with Crippen LogP contribution in [0.4, 0.5) is 10.5 Å². The van der Waals surface area contributed by atoms with Crippen molar-refractivity contribution in [1.29, 1.82) is 0 Å². The Balaban J connectivity index is 1.73. The Kier molecular flexibility index (Phi) is 5.66. The van der Waals surface area contributed by atoms with Crippen LogP contribution in [0.15, 0.2) is 42.5 Å². The monoisotopic (exact) mass is 393 g/mol. The van der Waals surface area contributed by atoms with Crippen molar-refractivity contribution in [2.24, 2.45) is 5.73 Å². The zero-order valence-electron chi connectivity index (χ0n) is 13.7. The number of nitrogens with one attached hydrogen (secondary N) is 1. The van der Waals surface area contributed by atoms with Crippen LogP contribution in [0.3, 0.4) is 0 Å². The van der Waals surface area contributed by atoms with Gasteiger partial charge in [-0.3, -0.25) is 4.79 Å². The first-order valence-corrected chi connectivity index (χ1v) is 8.72. The number of urea groups is 1. The summed E-state index contributed by atoms with van der Waals surface area (Å²) in [5.74, 6) is -0.580. The normalized spacial score (nSPS) is 17.0. The largest absolute Gasteiger partial charge is 0.367 e. The third kappa shape index (κ3) is 4.27. The highest BCUT2D eigenvalue weighted by Crippen LogP contribution is 2.29. The van der Waals surface area contributed by atoms with E-state index in [1.165, 1.54) is 4.90 Å². The van der Waals surface area contributed by atoms with Gasteiger partial charge in [-0.25, -0.2) is 4.79 Å². The molecule has 3 rings (SSSR count). The minimum atomic E-state index is -0.781. The van der Waals surface area contributed by atoms with E-state index >= 15 is 0 Å². The minimum Gasteiger partial charge on any atom is -0.367 e. The molecule has 2 aromatic rings. The van der Waals surface area contributed by atoms with Gasteiger partial charge in [-0.05, 0) is 35.4 Å². The van der Waals surface area contributed by atoms with E-state index in [-0.39, 0.29) is 19.2 Å². The van der Waals surface area contributed by atoms with Crippen molar-refractivity contribution in [3.8, 4) is 11.1 Å². The summed E-state index contributed by atoms with van der Waals surface area (Å²) in [5, 5.41) is 3.77. The Morgan fingerprint density at radius 3 is 2.62 bits per heavy atom. The summed E-state index contributed by atoms with van der Waals surface area (Å²) < 4.78 is 5.25. The van der Waals surface area contributed by atoms with Crippen molar-refractivity contribution in [1.82, 2.24) is 4.90 Å². The number of hydrogen-bond donors (Lipinski definition) is 2. The van der Waals surface area contributed by atoms with Crippen LogP contribution in [0.2, 0.25) is 10.0 Å². The van der Waals surface area contributed by atoms with E-state index in [4.69, 9.17) is 33.7 Å². The van der Waals surface area contributed by atoms with Gasteiger partial charge in [0, 0.05) is 12.2 Å². The summed E-state index contributed by atoms with van der Waals surface area (Å²) in [7, 11) is 0. The van der Waals surface area contributed by atoms with E-state index in [1.54, 1.807) is 18.2 Å². The Hall–Kier alpha value is -2.28. The lowest BCUT2D eigenvalue weighted by Gasteiger charge is -2.31. The molecule has 0 radical (unpaired) electrons. The van der Waals surface area contributed by atoms with Crippen molar-refractivity contribution < 1.29 is 14.3 Å². The van der Waals surface area contributed by atoms with Gasteiger partial charge < -0.3 is 20.7 Å². The number of carbonyl (C=O) groups excluding carboxylic acids is 2. The molecule has 1 fully saturated rings. The molecule has 0 saturated carbocycles. The highest BCUT2D eigenvalue weighted by atomic mass is 35.5. The van der Waals surface area contributed by atoms with Crippen LogP contribution in [-0.2, 0) is 9.53 Å². The molecule has 1 heterocycles. The zero-order valence-corrected chi connectivity index (χ0v) is 15.3. The first-order chi connectivity index (χ1) is 12.4. The fourth-order valence-corrected chi connectivity index (χ4v) is 2.96. The molecule has 1 saturated heterocycles. The van der Waals surface area contributed by atoms with Crippen LogP contribution < -0.4 is 11.1 Å². The van der Waals surface area contributed by atoms with Crippen molar-refractivity contribution >= 4 is 40.8 Å². The quantitative estimate of drug-likeness (QED) is 0.837. The second-order valence-corrected chi connectivity index (χ2v) is 6.66. The average Bonchev–Trinajstić information content (AvgIpc) is 2.64. The number of primary amides is 1. The highest BCUT2D eigenvalue weighted by Gasteiger charge is 2.27. The molecule has 0 unspecified atom stereocenters. The van der Waals surface area contributed by atoms with Crippen LogP contribution in [-0.4, -0.2) is 42.6 Å². The van der Waals surface area contributed by atoms with Gasteiger partial charge in [-0.2, -0.15) is 0 Å². The molecule has 1 aliphatic heterocycles. The second kappa shape index (κ2) is 7.95. The lowest BCUT2D eigenvalue weighted by Crippen LogP contribution is -2.51. The van der Waals surface area contributed by atoms with Gasteiger partial charge in [0.25, 0.3) is 0 Å². The number of morpholine rings is 1. The molecule has 26 heavy (non-hydrogen) atoms. The molecule has 3 amide bonds. The smallest absolute Gasteiger partial charge is 0.322 e. The fourth-order valence-electron chi connectivity index (χ4n) is 2.66. The van der Waals surface area contributed by atoms with Gasteiger partial charge in [0.15, 0.2) is 6.10 Å². The molecule has 0 aliphatic carbocycles. The topological polar surface area (TPSA) is 84.7 Å². The molecule has 3 N–H and O–H groups in total. The maximum absolute atomic E-state index is 12.5. The van der Waals surface area contributed by atoms with Gasteiger partial charge in [0.1, 0.15) is 0 Å². The van der Waals surface area contributed by atoms with E-state index < -0.39 is 12.0 Å². The molecule has 0 spiro atoms. The van der Waals surface area contributed by atoms with E-state index in [9.17, 15) is 9.59 Å². The van der Waals surface area contributed by atoms with Gasteiger partial charge >= 0.3 is 6.03 Å². The molecule has 1 aliphatic rings. The standard InChI is InChI=1S/C18H17Cl2N3O3/c19-14-5-4-12(9-15(14)20)11-2-1-3-13(8-11)22-18(25)23-6-7-26-16(10-23)17(21)24/h1-5,8-9,16H,6-7,10H2,(H2,21,24)(H,22,25)/t16-/m0/s1. The van der Waals surface area contributed by atoms with Crippen LogP contribution in [0, 0.1) is 0 Å². The molecule has 136 valence electrons. The second-order valence-electron chi connectivity index (χ2n) is 5.85. The number of nitrogens with two attached hydrogens (primary N) is 1.